The van der Waals surface area contributed by atoms with E-state index in [4.69, 9.17) is 25.2 Å². The standard InChI is InChI=1S/C33H33FN4O7/c1-43-28-20-26-25(19-29(28)44-18-4-2-3-5-30(39)37-42)27(14-17-36-26)45-24-12-10-23(11-13-24)38(22-8-6-21(34)7-9-22)32(41)33(15-16-33)31(35)40/h6-14,17,19-20,42H,2-5,15-16,18H2,1H3,(H2,35,40)(H,37,39). The summed E-state index contributed by atoms with van der Waals surface area (Å²) < 4.78 is 31.4. The van der Waals surface area contributed by atoms with Crippen LogP contribution in [-0.2, 0) is 14.4 Å². The first-order valence-corrected chi connectivity index (χ1v) is 14.5. The zero-order valence-corrected chi connectivity index (χ0v) is 24.6. The molecule has 1 aromatic heterocycles. The number of hydroxylamine groups is 1. The van der Waals surface area contributed by atoms with Gasteiger partial charge in [-0.15, -0.1) is 0 Å². The number of nitrogens with one attached hydrogen (secondary N) is 1. The molecule has 4 N–H and O–H groups in total. The molecule has 3 amide bonds. The van der Waals surface area contributed by atoms with Gasteiger partial charge in [0.05, 0.1) is 19.2 Å². The molecule has 0 saturated heterocycles. The zero-order valence-electron chi connectivity index (χ0n) is 24.6. The first-order chi connectivity index (χ1) is 21.8. The molecule has 3 aromatic carbocycles. The number of anilines is 2. The van der Waals surface area contributed by atoms with Crippen LogP contribution in [-0.4, -0.2) is 41.6 Å². The third kappa shape index (κ3) is 6.96. The van der Waals surface area contributed by atoms with Gasteiger partial charge in [-0.1, -0.05) is 0 Å². The van der Waals surface area contributed by atoms with Crippen LogP contribution < -0.4 is 30.3 Å². The molecular formula is C33H33FN4O7. The number of benzene rings is 3. The maximum Gasteiger partial charge on any atom is 0.247 e. The number of hydrogen-bond acceptors (Lipinski definition) is 8. The van der Waals surface area contributed by atoms with Gasteiger partial charge in [0.25, 0.3) is 0 Å². The first-order valence-electron chi connectivity index (χ1n) is 14.5. The largest absolute Gasteiger partial charge is 0.493 e. The zero-order chi connectivity index (χ0) is 32.0. The van der Waals surface area contributed by atoms with Gasteiger partial charge < -0.3 is 19.9 Å². The molecule has 11 nitrogen and oxygen atoms in total. The van der Waals surface area contributed by atoms with Gasteiger partial charge in [0.15, 0.2) is 11.5 Å². The van der Waals surface area contributed by atoms with Crippen LogP contribution in [0, 0.1) is 11.2 Å². The van der Waals surface area contributed by atoms with Crippen LogP contribution in [0.3, 0.4) is 0 Å². The molecule has 1 heterocycles. The van der Waals surface area contributed by atoms with Gasteiger partial charge in [0.1, 0.15) is 22.7 Å². The second-order valence-corrected chi connectivity index (χ2v) is 10.7. The quantitative estimate of drug-likeness (QED) is 0.0722. The lowest BCUT2D eigenvalue weighted by Crippen LogP contribution is -2.41. The highest BCUT2D eigenvalue weighted by atomic mass is 19.1. The van der Waals surface area contributed by atoms with E-state index in [-0.39, 0.29) is 6.42 Å². The van der Waals surface area contributed by atoms with Gasteiger partial charge in [-0.2, -0.15) is 0 Å². The lowest BCUT2D eigenvalue weighted by atomic mass is 10.0. The summed E-state index contributed by atoms with van der Waals surface area (Å²) in [7, 11) is 1.54. The Kier molecular flexibility index (Phi) is 9.43. The van der Waals surface area contributed by atoms with E-state index in [2.05, 4.69) is 4.98 Å². The normalized spacial score (nSPS) is 13.1. The number of halogens is 1. The topological polar surface area (TPSA) is 153 Å². The SMILES string of the molecule is COc1cc2nccc(Oc3ccc(N(C(=O)C4(C(N)=O)CC4)c4ccc(F)cc4)cc3)c2cc1OCCCCCC(=O)NO. The van der Waals surface area contributed by atoms with Crippen LogP contribution in [0.4, 0.5) is 15.8 Å². The van der Waals surface area contributed by atoms with Crippen LogP contribution in [0.25, 0.3) is 10.9 Å². The Hall–Kier alpha value is -5.23. The fourth-order valence-electron chi connectivity index (χ4n) is 4.96. The van der Waals surface area contributed by atoms with Gasteiger partial charge in [-0.3, -0.25) is 29.5 Å². The highest BCUT2D eigenvalue weighted by Gasteiger charge is 2.57. The number of aromatic nitrogens is 1. The van der Waals surface area contributed by atoms with Gasteiger partial charge in [0.2, 0.25) is 17.7 Å². The third-order valence-corrected chi connectivity index (χ3v) is 7.66. The highest BCUT2D eigenvalue weighted by Crippen LogP contribution is 2.49. The summed E-state index contributed by atoms with van der Waals surface area (Å²) >= 11 is 0. The van der Waals surface area contributed by atoms with E-state index in [1.807, 2.05) is 0 Å². The number of carbonyl (C=O) groups excluding carboxylic acids is 3. The van der Waals surface area contributed by atoms with Crippen molar-refractivity contribution in [1.29, 1.82) is 0 Å². The molecule has 12 heteroatoms. The van der Waals surface area contributed by atoms with Crippen molar-refractivity contribution in [2.45, 2.75) is 38.5 Å². The van der Waals surface area contributed by atoms with E-state index in [0.717, 1.165) is 6.42 Å². The number of methoxy groups -OCH3 is 1. The van der Waals surface area contributed by atoms with Crippen molar-refractivity contribution < 1.29 is 38.2 Å². The molecular weight excluding hydrogens is 583 g/mol. The van der Waals surface area contributed by atoms with Gasteiger partial charge >= 0.3 is 0 Å². The van der Waals surface area contributed by atoms with E-state index in [1.165, 1.54) is 36.3 Å². The van der Waals surface area contributed by atoms with Crippen LogP contribution in [0.1, 0.15) is 38.5 Å². The Bertz CT molecular complexity index is 1690. The maximum atomic E-state index is 13.7. The highest BCUT2D eigenvalue weighted by molar-refractivity contribution is 6.16. The molecule has 0 spiro atoms. The fourth-order valence-corrected chi connectivity index (χ4v) is 4.96. The van der Waals surface area contributed by atoms with Crippen LogP contribution in [0.2, 0.25) is 0 Å². The Morgan fingerprint density at radius 1 is 0.956 bits per heavy atom. The van der Waals surface area contributed by atoms with E-state index in [1.54, 1.807) is 54.1 Å². The second-order valence-electron chi connectivity index (χ2n) is 10.7. The summed E-state index contributed by atoms with van der Waals surface area (Å²) in [4.78, 5) is 42.7. The number of fused-ring (bicyclic) bond motifs is 1. The number of primary amides is 1. The number of carbonyl (C=O) groups is 3. The maximum absolute atomic E-state index is 13.7. The monoisotopic (exact) mass is 616 g/mol. The number of unbranched alkanes of at least 4 members (excludes halogenated alkanes) is 2. The average molecular weight is 617 g/mol. The second kappa shape index (κ2) is 13.6. The van der Waals surface area contributed by atoms with Gasteiger partial charge in [0, 0.05) is 35.4 Å². The summed E-state index contributed by atoms with van der Waals surface area (Å²) in [5.41, 5.74) is 7.41. The van der Waals surface area contributed by atoms with E-state index >= 15 is 0 Å². The Morgan fingerprint density at radius 2 is 1.64 bits per heavy atom. The molecule has 4 aromatic rings. The molecule has 5 rings (SSSR count). The number of amides is 3. The number of nitrogens with zero attached hydrogens (tertiary/aromatic N) is 2. The van der Waals surface area contributed by atoms with Crippen molar-refractivity contribution in [2.24, 2.45) is 11.1 Å². The lowest BCUT2D eigenvalue weighted by Gasteiger charge is -2.26. The van der Waals surface area contributed by atoms with Gasteiger partial charge in [-0.05, 0) is 92.8 Å². The van der Waals surface area contributed by atoms with Crippen molar-refractivity contribution in [3.8, 4) is 23.0 Å². The summed E-state index contributed by atoms with van der Waals surface area (Å²) in [6.45, 7) is 0.390. The van der Waals surface area contributed by atoms with Crippen molar-refractivity contribution in [3.05, 3.63) is 78.7 Å². The minimum Gasteiger partial charge on any atom is -0.493 e. The molecule has 234 valence electrons. The molecule has 1 saturated carbocycles. The Morgan fingerprint density at radius 3 is 2.27 bits per heavy atom. The molecule has 0 atom stereocenters. The molecule has 0 aliphatic heterocycles. The summed E-state index contributed by atoms with van der Waals surface area (Å²) in [6, 6.07) is 17.4. The molecule has 0 unspecified atom stereocenters. The molecule has 45 heavy (non-hydrogen) atoms. The summed E-state index contributed by atoms with van der Waals surface area (Å²) in [5.74, 6) is -0.0361. The smallest absolute Gasteiger partial charge is 0.247 e. The lowest BCUT2D eigenvalue weighted by molar-refractivity contribution is -0.133. The Balaban J connectivity index is 1.35. The average Bonchev–Trinajstić information content (AvgIpc) is 3.87. The van der Waals surface area contributed by atoms with Crippen molar-refractivity contribution in [3.63, 3.8) is 0 Å². The number of rotatable bonds is 14. The van der Waals surface area contributed by atoms with Crippen LogP contribution in [0.15, 0.2) is 72.9 Å². The molecule has 1 aliphatic carbocycles. The molecule has 1 aliphatic rings. The number of hydrogen-bond donors (Lipinski definition) is 3. The predicted octanol–water partition coefficient (Wildman–Crippen LogP) is 5.55. The number of pyridine rings is 1. The summed E-state index contributed by atoms with van der Waals surface area (Å²) in [6.07, 6.45) is 4.61. The first kappa shape index (κ1) is 31.2. The minimum atomic E-state index is -1.28. The fraction of sp³-hybridized carbons (Fsp3) is 0.273. The van der Waals surface area contributed by atoms with E-state index in [0.29, 0.717) is 77.6 Å². The number of nitrogens with two attached hydrogens (primary N) is 1. The molecule has 1 fully saturated rings. The van der Waals surface area contributed by atoms with E-state index < -0.39 is 29.0 Å². The van der Waals surface area contributed by atoms with Crippen molar-refractivity contribution in [2.75, 3.05) is 18.6 Å². The number of ether oxygens (including phenoxy) is 3. The molecule has 0 bridgehead atoms. The summed E-state index contributed by atoms with van der Waals surface area (Å²) in [5, 5.41) is 9.28. The predicted molar refractivity (Wildman–Crippen MR) is 163 cm³/mol. The van der Waals surface area contributed by atoms with E-state index in [9.17, 15) is 18.8 Å². The minimum absolute atomic E-state index is 0.234. The van der Waals surface area contributed by atoms with Crippen LogP contribution >= 0.6 is 0 Å². The van der Waals surface area contributed by atoms with Gasteiger partial charge in [-0.25, -0.2) is 9.87 Å². The third-order valence-electron chi connectivity index (χ3n) is 7.66. The van der Waals surface area contributed by atoms with Crippen molar-refractivity contribution >= 4 is 40.0 Å². The Labute approximate surface area is 258 Å². The van der Waals surface area contributed by atoms with Crippen LogP contribution in [0.5, 0.6) is 23.0 Å². The molecule has 0 radical (unpaired) electrons. The van der Waals surface area contributed by atoms with Crippen molar-refractivity contribution in [1.82, 2.24) is 10.5 Å².